The molecule has 1 aromatic rings. The second-order valence-corrected chi connectivity index (χ2v) is 4.04. The van der Waals surface area contributed by atoms with Gasteiger partial charge in [0.15, 0.2) is 0 Å². The molecule has 1 rings (SSSR count). The summed E-state index contributed by atoms with van der Waals surface area (Å²) >= 11 is 0. The van der Waals surface area contributed by atoms with Crippen molar-refractivity contribution in [2.24, 2.45) is 5.73 Å². The van der Waals surface area contributed by atoms with Crippen molar-refractivity contribution < 1.29 is 9.72 Å². The third kappa shape index (κ3) is 2.62. The van der Waals surface area contributed by atoms with Crippen LogP contribution in [-0.4, -0.2) is 33.4 Å². The largest absolute Gasteiger partial charge is 0.368 e. The standard InChI is InChI=1S/C9H14N6O3/c1-9(2,8(10)16)14-7-5(15(17)18)6(11-3)12-4-13-7/h4H,1-3H3,(H2,10,16)(H2,11,12,13,14). The lowest BCUT2D eigenvalue weighted by molar-refractivity contribution is -0.383. The molecule has 0 spiro atoms. The molecule has 0 aliphatic carbocycles. The quantitative estimate of drug-likeness (QED) is 0.500. The molecule has 4 N–H and O–H groups in total. The Morgan fingerprint density at radius 1 is 1.44 bits per heavy atom. The van der Waals surface area contributed by atoms with E-state index in [1.807, 2.05) is 0 Å². The van der Waals surface area contributed by atoms with Crippen LogP contribution in [0.15, 0.2) is 6.33 Å². The molecule has 18 heavy (non-hydrogen) atoms. The van der Waals surface area contributed by atoms with Crippen molar-refractivity contribution in [3.8, 4) is 0 Å². The van der Waals surface area contributed by atoms with Crippen molar-refractivity contribution in [2.45, 2.75) is 19.4 Å². The van der Waals surface area contributed by atoms with E-state index in [1.54, 1.807) is 0 Å². The molecule has 0 fully saturated rings. The fourth-order valence-corrected chi connectivity index (χ4v) is 1.18. The molecule has 0 radical (unpaired) electrons. The highest BCUT2D eigenvalue weighted by Crippen LogP contribution is 2.30. The van der Waals surface area contributed by atoms with Crippen molar-refractivity contribution >= 4 is 23.2 Å². The molecule has 9 heteroatoms. The fraction of sp³-hybridized carbons (Fsp3) is 0.444. The first-order valence-corrected chi connectivity index (χ1v) is 5.05. The average Bonchev–Trinajstić information content (AvgIpc) is 2.27. The zero-order valence-corrected chi connectivity index (χ0v) is 10.2. The molecule has 98 valence electrons. The molecule has 9 nitrogen and oxygen atoms in total. The van der Waals surface area contributed by atoms with Crippen molar-refractivity contribution in [1.82, 2.24) is 9.97 Å². The Bertz CT molecular complexity index is 487. The molecule has 0 aliphatic heterocycles. The Kier molecular flexibility index (Phi) is 3.64. The van der Waals surface area contributed by atoms with E-state index in [-0.39, 0.29) is 17.3 Å². The van der Waals surface area contributed by atoms with Crippen molar-refractivity contribution in [2.75, 3.05) is 17.7 Å². The maximum absolute atomic E-state index is 11.2. The normalized spacial score (nSPS) is 10.8. The van der Waals surface area contributed by atoms with Crippen LogP contribution >= 0.6 is 0 Å². The van der Waals surface area contributed by atoms with E-state index in [2.05, 4.69) is 20.6 Å². The molecule has 0 unspecified atom stereocenters. The fourth-order valence-electron chi connectivity index (χ4n) is 1.18. The lowest BCUT2D eigenvalue weighted by Gasteiger charge is -2.22. The number of aromatic nitrogens is 2. The summed E-state index contributed by atoms with van der Waals surface area (Å²) < 4.78 is 0. The molecule has 0 aromatic carbocycles. The second kappa shape index (κ2) is 4.82. The van der Waals surface area contributed by atoms with Crippen LogP contribution in [0.25, 0.3) is 0 Å². The predicted octanol–water partition coefficient (Wildman–Crippen LogP) is 0.102. The van der Waals surface area contributed by atoms with Crippen molar-refractivity contribution in [3.05, 3.63) is 16.4 Å². The zero-order chi connectivity index (χ0) is 13.9. The minimum Gasteiger partial charge on any atom is -0.368 e. The van der Waals surface area contributed by atoms with E-state index in [0.29, 0.717) is 0 Å². The molecule has 0 saturated heterocycles. The van der Waals surface area contributed by atoms with Gasteiger partial charge in [0.2, 0.25) is 17.5 Å². The first-order valence-electron chi connectivity index (χ1n) is 5.05. The van der Waals surface area contributed by atoms with Crippen LogP contribution in [0.3, 0.4) is 0 Å². The van der Waals surface area contributed by atoms with Gasteiger partial charge in [-0.1, -0.05) is 0 Å². The van der Waals surface area contributed by atoms with Crippen LogP contribution in [0.4, 0.5) is 17.3 Å². The Morgan fingerprint density at radius 2 is 2.00 bits per heavy atom. The third-order valence-corrected chi connectivity index (χ3v) is 2.29. The minimum atomic E-state index is -1.16. The Morgan fingerprint density at radius 3 is 2.44 bits per heavy atom. The van der Waals surface area contributed by atoms with Gasteiger partial charge in [0, 0.05) is 7.05 Å². The van der Waals surface area contributed by atoms with Crippen LogP contribution in [0.1, 0.15) is 13.8 Å². The first kappa shape index (κ1) is 13.6. The number of nitrogens with two attached hydrogens (primary N) is 1. The molecular weight excluding hydrogens is 240 g/mol. The molecule has 0 saturated carbocycles. The van der Waals surface area contributed by atoms with Crippen LogP contribution in [-0.2, 0) is 4.79 Å². The third-order valence-electron chi connectivity index (χ3n) is 2.29. The summed E-state index contributed by atoms with van der Waals surface area (Å²) in [5, 5.41) is 16.2. The maximum Gasteiger partial charge on any atom is 0.353 e. The van der Waals surface area contributed by atoms with Gasteiger partial charge >= 0.3 is 5.69 Å². The smallest absolute Gasteiger partial charge is 0.353 e. The van der Waals surface area contributed by atoms with Gasteiger partial charge in [-0.2, -0.15) is 0 Å². The van der Waals surface area contributed by atoms with Crippen LogP contribution in [0.2, 0.25) is 0 Å². The Balaban J connectivity index is 3.25. The highest BCUT2D eigenvalue weighted by molar-refractivity contribution is 5.87. The first-order chi connectivity index (χ1) is 8.29. The average molecular weight is 254 g/mol. The highest BCUT2D eigenvalue weighted by Gasteiger charge is 2.30. The zero-order valence-electron chi connectivity index (χ0n) is 10.2. The van der Waals surface area contributed by atoms with Crippen LogP contribution < -0.4 is 16.4 Å². The molecular formula is C9H14N6O3. The summed E-state index contributed by atoms with van der Waals surface area (Å²) in [5.74, 6) is -0.665. The van der Waals surface area contributed by atoms with Crippen LogP contribution in [0, 0.1) is 10.1 Å². The monoisotopic (exact) mass is 254 g/mol. The number of hydrogen-bond donors (Lipinski definition) is 3. The Labute approximate surface area is 103 Å². The van der Waals surface area contributed by atoms with Crippen LogP contribution in [0.5, 0.6) is 0 Å². The Hall–Kier alpha value is -2.45. The lowest BCUT2D eigenvalue weighted by atomic mass is 10.1. The van der Waals surface area contributed by atoms with Crippen molar-refractivity contribution in [1.29, 1.82) is 0 Å². The van der Waals surface area contributed by atoms with E-state index in [1.165, 1.54) is 20.9 Å². The van der Waals surface area contributed by atoms with E-state index < -0.39 is 16.4 Å². The van der Waals surface area contributed by atoms with Gasteiger partial charge in [0.1, 0.15) is 11.9 Å². The number of anilines is 2. The van der Waals surface area contributed by atoms with E-state index in [9.17, 15) is 14.9 Å². The highest BCUT2D eigenvalue weighted by atomic mass is 16.6. The van der Waals surface area contributed by atoms with Gasteiger partial charge in [0.05, 0.1) is 4.92 Å². The van der Waals surface area contributed by atoms with E-state index in [4.69, 9.17) is 5.73 Å². The summed E-state index contributed by atoms with van der Waals surface area (Å²) in [5.41, 5.74) is 3.68. The summed E-state index contributed by atoms with van der Waals surface area (Å²) in [7, 11) is 1.50. The van der Waals surface area contributed by atoms with Gasteiger partial charge < -0.3 is 16.4 Å². The minimum absolute atomic E-state index is 0.0535. The van der Waals surface area contributed by atoms with E-state index in [0.717, 1.165) is 6.33 Å². The molecule has 0 aliphatic rings. The SMILES string of the molecule is CNc1ncnc(NC(C)(C)C(N)=O)c1[N+](=O)[O-]. The number of nitrogens with one attached hydrogen (secondary N) is 2. The van der Waals surface area contributed by atoms with Crippen molar-refractivity contribution in [3.63, 3.8) is 0 Å². The summed E-state index contributed by atoms with van der Waals surface area (Å²) in [6.07, 6.45) is 1.15. The maximum atomic E-state index is 11.2. The molecule has 1 aromatic heterocycles. The van der Waals surface area contributed by atoms with Gasteiger partial charge in [0.25, 0.3) is 0 Å². The van der Waals surface area contributed by atoms with E-state index >= 15 is 0 Å². The molecule has 0 bridgehead atoms. The van der Waals surface area contributed by atoms with Gasteiger partial charge in [-0.05, 0) is 13.8 Å². The molecule has 1 amide bonds. The second-order valence-electron chi connectivity index (χ2n) is 4.04. The number of carbonyl (C=O) groups excluding carboxylic acids is 1. The summed E-state index contributed by atoms with van der Waals surface area (Å²) in [4.78, 5) is 29.0. The number of rotatable bonds is 5. The van der Waals surface area contributed by atoms with Gasteiger partial charge in [-0.25, -0.2) is 9.97 Å². The number of nitro groups is 1. The number of hydrogen-bond acceptors (Lipinski definition) is 7. The lowest BCUT2D eigenvalue weighted by Crippen LogP contribution is -2.45. The number of primary amides is 1. The molecule has 0 atom stereocenters. The van der Waals surface area contributed by atoms with Gasteiger partial charge in [-0.3, -0.25) is 14.9 Å². The summed E-state index contributed by atoms with van der Waals surface area (Å²) in [6.45, 7) is 3.00. The number of amides is 1. The topological polar surface area (TPSA) is 136 Å². The molecule has 1 heterocycles. The number of nitrogens with zero attached hydrogens (tertiary/aromatic N) is 3. The summed E-state index contributed by atoms with van der Waals surface area (Å²) in [6, 6.07) is 0. The van der Waals surface area contributed by atoms with Gasteiger partial charge in [-0.15, -0.1) is 0 Å². The number of carbonyl (C=O) groups is 1. The predicted molar refractivity (Wildman–Crippen MR) is 65.1 cm³/mol.